The zero-order valence-corrected chi connectivity index (χ0v) is 8.74. The predicted molar refractivity (Wildman–Crippen MR) is 60.8 cm³/mol. The Hall–Kier alpha value is -1.26. The van der Waals surface area contributed by atoms with Gasteiger partial charge in [-0.25, -0.2) is 0 Å². The standard InChI is InChI=1S/C13H17N/c1-3-10-14(11-4-2)12-13-8-6-5-7-9-13/h1,5-9H,4,10-12H2,2H3. The summed E-state index contributed by atoms with van der Waals surface area (Å²) >= 11 is 0. The first-order chi connectivity index (χ1) is 6.86. The second kappa shape index (κ2) is 6.23. The molecule has 0 N–H and O–H groups in total. The van der Waals surface area contributed by atoms with E-state index in [4.69, 9.17) is 6.42 Å². The van der Waals surface area contributed by atoms with E-state index in [1.54, 1.807) is 0 Å². The van der Waals surface area contributed by atoms with Crippen molar-refractivity contribution in [3.05, 3.63) is 35.9 Å². The monoisotopic (exact) mass is 187 g/mol. The Morgan fingerprint density at radius 3 is 2.57 bits per heavy atom. The highest BCUT2D eigenvalue weighted by Crippen LogP contribution is 2.04. The zero-order chi connectivity index (χ0) is 10.2. The normalized spacial score (nSPS) is 10.1. The fraction of sp³-hybridized carbons (Fsp3) is 0.385. The average molecular weight is 187 g/mol. The molecule has 0 aliphatic rings. The van der Waals surface area contributed by atoms with Gasteiger partial charge in [0.15, 0.2) is 0 Å². The van der Waals surface area contributed by atoms with Crippen LogP contribution < -0.4 is 0 Å². The molecule has 0 aliphatic carbocycles. The lowest BCUT2D eigenvalue weighted by Gasteiger charge is -2.18. The summed E-state index contributed by atoms with van der Waals surface area (Å²) in [7, 11) is 0. The molecule has 0 bridgehead atoms. The van der Waals surface area contributed by atoms with E-state index in [1.165, 1.54) is 5.56 Å². The third-order valence-corrected chi connectivity index (χ3v) is 2.10. The number of terminal acetylenes is 1. The Morgan fingerprint density at radius 1 is 1.29 bits per heavy atom. The van der Waals surface area contributed by atoms with Gasteiger partial charge in [-0.15, -0.1) is 6.42 Å². The summed E-state index contributed by atoms with van der Waals surface area (Å²) in [5, 5.41) is 0. The molecule has 0 saturated heterocycles. The van der Waals surface area contributed by atoms with E-state index < -0.39 is 0 Å². The molecule has 0 aromatic heterocycles. The highest BCUT2D eigenvalue weighted by molar-refractivity contribution is 5.14. The molecule has 1 rings (SSSR count). The minimum Gasteiger partial charge on any atom is -0.288 e. The van der Waals surface area contributed by atoms with E-state index in [1.807, 2.05) is 6.07 Å². The van der Waals surface area contributed by atoms with Crippen molar-refractivity contribution >= 4 is 0 Å². The van der Waals surface area contributed by atoms with Crippen LogP contribution in [0.3, 0.4) is 0 Å². The van der Waals surface area contributed by atoms with Gasteiger partial charge in [0, 0.05) is 6.54 Å². The maximum atomic E-state index is 5.32. The maximum absolute atomic E-state index is 5.32. The molecule has 0 spiro atoms. The molecule has 1 aromatic carbocycles. The largest absolute Gasteiger partial charge is 0.288 e. The average Bonchev–Trinajstić information content (AvgIpc) is 2.20. The second-order valence-electron chi connectivity index (χ2n) is 3.40. The summed E-state index contributed by atoms with van der Waals surface area (Å²) in [5.41, 5.74) is 1.33. The van der Waals surface area contributed by atoms with E-state index >= 15 is 0 Å². The summed E-state index contributed by atoms with van der Waals surface area (Å²) in [6, 6.07) is 10.4. The molecule has 14 heavy (non-hydrogen) atoms. The van der Waals surface area contributed by atoms with Gasteiger partial charge in [-0.05, 0) is 18.5 Å². The van der Waals surface area contributed by atoms with Crippen LogP contribution >= 0.6 is 0 Å². The van der Waals surface area contributed by atoms with E-state index in [0.717, 1.165) is 26.1 Å². The second-order valence-corrected chi connectivity index (χ2v) is 3.40. The van der Waals surface area contributed by atoms with Gasteiger partial charge in [-0.3, -0.25) is 4.90 Å². The van der Waals surface area contributed by atoms with Crippen molar-refractivity contribution in [2.45, 2.75) is 19.9 Å². The lowest BCUT2D eigenvalue weighted by Crippen LogP contribution is -2.24. The van der Waals surface area contributed by atoms with Crippen LogP contribution in [0.1, 0.15) is 18.9 Å². The first-order valence-corrected chi connectivity index (χ1v) is 5.06. The van der Waals surface area contributed by atoms with Gasteiger partial charge < -0.3 is 0 Å². The first kappa shape index (κ1) is 10.8. The van der Waals surface area contributed by atoms with Crippen LogP contribution in [0.2, 0.25) is 0 Å². The molecule has 0 amide bonds. The minimum atomic E-state index is 0.739. The molecule has 0 aliphatic heterocycles. The van der Waals surface area contributed by atoms with Crippen molar-refractivity contribution < 1.29 is 0 Å². The molecule has 0 atom stereocenters. The summed E-state index contributed by atoms with van der Waals surface area (Å²) in [6.45, 7) is 4.94. The van der Waals surface area contributed by atoms with Crippen LogP contribution in [0.15, 0.2) is 30.3 Å². The van der Waals surface area contributed by atoms with E-state index in [9.17, 15) is 0 Å². The van der Waals surface area contributed by atoms with Crippen molar-refractivity contribution in [1.82, 2.24) is 4.90 Å². The molecule has 0 fully saturated rings. The number of hydrogen-bond donors (Lipinski definition) is 0. The van der Waals surface area contributed by atoms with Crippen molar-refractivity contribution in [3.8, 4) is 12.3 Å². The van der Waals surface area contributed by atoms with Crippen molar-refractivity contribution in [3.63, 3.8) is 0 Å². The Morgan fingerprint density at radius 2 is 2.00 bits per heavy atom. The zero-order valence-electron chi connectivity index (χ0n) is 8.74. The summed E-state index contributed by atoms with van der Waals surface area (Å²) in [4.78, 5) is 2.29. The molecule has 1 nitrogen and oxygen atoms in total. The topological polar surface area (TPSA) is 3.24 Å². The van der Waals surface area contributed by atoms with Crippen molar-refractivity contribution in [1.29, 1.82) is 0 Å². The number of rotatable bonds is 5. The Bertz CT molecular complexity index is 284. The van der Waals surface area contributed by atoms with Gasteiger partial charge in [-0.2, -0.15) is 0 Å². The van der Waals surface area contributed by atoms with Gasteiger partial charge in [0.2, 0.25) is 0 Å². The molecule has 1 aromatic rings. The fourth-order valence-electron chi connectivity index (χ4n) is 1.50. The van der Waals surface area contributed by atoms with Crippen LogP contribution in [0, 0.1) is 12.3 Å². The molecule has 74 valence electrons. The first-order valence-electron chi connectivity index (χ1n) is 5.06. The van der Waals surface area contributed by atoms with E-state index in [0.29, 0.717) is 0 Å². The third kappa shape index (κ3) is 3.64. The summed E-state index contributed by atoms with van der Waals surface area (Å²) in [6.07, 6.45) is 6.47. The molecule has 0 saturated carbocycles. The van der Waals surface area contributed by atoms with Crippen LogP contribution in [-0.4, -0.2) is 18.0 Å². The molecular weight excluding hydrogens is 170 g/mol. The Labute approximate surface area is 86.7 Å². The van der Waals surface area contributed by atoms with E-state index in [2.05, 4.69) is 42.0 Å². The summed E-state index contributed by atoms with van der Waals surface area (Å²) in [5.74, 6) is 2.70. The molecule has 1 heteroatoms. The lowest BCUT2D eigenvalue weighted by atomic mass is 10.2. The van der Waals surface area contributed by atoms with Gasteiger partial charge in [-0.1, -0.05) is 43.2 Å². The van der Waals surface area contributed by atoms with Gasteiger partial charge in [0.25, 0.3) is 0 Å². The molecule has 0 radical (unpaired) electrons. The minimum absolute atomic E-state index is 0.739. The molecule has 0 unspecified atom stereocenters. The quantitative estimate of drug-likeness (QED) is 0.640. The Kier molecular flexibility index (Phi) is 4.82. The van der Waals surface area contributed by atoms with Gasteiger partial charge >= 0.3 is 0 Å². The van der Waals surface area contributed by atoms with Crippen LogP contribution in [-0.2, 0) is 6.54 Å². The van der Waals surface area contributed by atoms with Gasteiger partial charge in [0.05, 0.1) is 6.54 Å². The number of nitrogens with zero attached hydrogens (tertiary/aromatic N) is 1. The Balaban J connectivity index is 2.52. The highest BCUT2D eigenvalue weighted by Gasteiger charge is 2.01. The van der Waals surface area contributed by atoms with Crippen LogP contribution in [0.4, 0.5) is 0 Å². The van der Waals surface area contributed by atoms with Crippen molar-refractivity contribution in [2.24, 2.45) is 0 Å². The highest BCUT2D eigenvalue weighted by atomic mass is 15.1. The lowest BCUT2D eigenvalue weighted by molar-refractivity contribution is 0.300. The van der Waals surface area contributed by atoms with Crippen LogP contribution in [0.25, 0.3) is 0 Å². The summed E-state index contributed by atoms with van der Waals surface area (Å²) < 4.78 is 0. The molecular formula is C13H17N. The number of hydrogen-bond acceptors (Lipinski definition) is 1. The van der Waals surface area contributed by atoms with Crippen molar-refractivity contribution in [2.75, 3.05) is 13.1 Å². The smallest absolute Gasteiger partial charge is 0.0601 e. The SMILES string of the molecule is C#CCN(CCC)Cc1ccccc1. The maximum Gasteiger partial charge on any atom is 0.0601 e. The van der Waals surface area contributed by atoms with E-state index in [-0.39, 0.29) is 0 Å². The third-order valence-electron chi connectivity index (χ3n) is 2.10. The van der Waals surface area contributed by atoms with Gasteiger partial charge in [0.1, 0.15) is 0 Å². The molecule has 0 heterocycles. The number of benzene rings is 1. The fourth-order valence-corrected chi connectivity index (χ4v) is 1.50. The van der Waals surface area contributed by atoms with Crippen LogP contribution in [0.5, 0.6) is 0 Å². The predicted octanol–water partition coefficient (Wildman–Crippen LogP) is 2.53.